The molecule has 0 saturated heterocycles. The molecule has 0 fully saturated rings. The summed E-state index contributed by atoms with van der Waals surface area (Å²) in [5, 5.41) is 11.7. The van der Waals surface area contributed by atoms with Crippen LogP contribution in [0.15, 0.2) is 54.6 Å². The highest BCUT2D eigenvalue weighted by molar-refractivity contribution is 5.94. The maximum atomic E-state index is 11.9. The molecule has 0 spiro atoms. The van der Waals surface area contributed by atoms with Crippen LogP contribution in [0.2, 0.25) is 0 Å². The van der Waals surface area contributed by atoms with Gasteiger partial charge in [-0.1, -0.05) is 37.3 Å². The normalized spacial score (nSPS) is 11.7. The molecule has 1 unspecified atom stereocenters. The Labute approximate surface area is 130 Å². The fourth-order valence-electron chi connectivity index (χ4n) is 1.87. The monoisotopic (exact) mass is 299 g/mol. The Kier molecular flexibility index (Phi) is 5.98. The van der Waals surface area contributed by atoms with Gasteiger partial charge in [0, 0.05) is 18.7 Å². The van der Waals surface area contributed by atoms with E-state index >= 15 is 0 Å². The average Bonchev–Trinajstić information content (AvgIpc) is 2.59. The Morgan fingerprint density at radius 2 is 1.82 bits per heavy atom. The number of aliphatic hydroxyl groups excluding tert-OH is 1. The third kappa shape index (κ3) is 4.90. The summed E-state index contributed by atoms with van der Waals surface area (Å²) < 4.78 is 5.66. The number of carbonyl (C=O) groups excluding carboxylic acids is 1. The molecular weight excluding hydrogens is 278 g/mol. The average molecular weight is 299 g/mol. The van der Waals surface area contributed by atoms with Gasteiger partial charge in [-0.2, -0.15) is 0 Å². The van der Waals surface area contributed by atoms with Gasteiger partial charge in [-0.3, -0.25) is 4.79 Å². The molecule has 0 saturated carbocycles. The van der Waals surface area contributed by atoms with Crippen molar-refractivity contribution in [1.82, 2.24) is 5.32 Å². The van der Waals surface area contributed by atoms with Gasteiger partial charge in [-0.25, -0.2) is 0 Å². The number of hydrogen-bond donors (Lipinski definition) is 2. The van der Waals surface area contributed by atoms with Crippen LogP contribution in [-0.2, 0) is 6.61 Å². The van der Waals surface area contributed by atoms with E-state index in [9.17, 15) is 4.79 Å². The predicted molar refractivity (Wildman–Crippen MR) is 85.8 cm³/mol. The predicted octanol–water partition coefficient (Wildman–Crippen LogP) is 2.62. The molecule has 0 aliphatic rings. The third-order valence-electron chi connectivity index (χ3n) is 3.29. The maximum absolute atomic E-state index is 11.9. The van der Waals surface area contributed by atoms with E-state index in [2.05, 4.69) is 5.32 Å². The number of nitrogens with one attached hydrogen (secondary N) is 1. The summed E-state index contributed by atoms with van der Waals surface area (Å²) in [6, 6.07) is 16.9. The molecule has 2 aromatic rings. The van der Waals surface area contributed by atoms with E-state index < -0.39 is 0 Å². The van der Waals surface area contributed by atoms with Crippen molar-refractivity contribution in [2.75, 3.05) is 13.2 Å². The molecule has 2 N–H and O–H groups in total. The van der Waals surface area contributed by atoms with Crippen molar-refractivity contribution >= 4 is 5.91 Å². The highest BCUT2D eigenvalue weighted by Gasteiger charge is 2.07. The highest BCUT2D eigenvalue weighted by Crippen LogP contribution is 2.12. The molecule has 0 aliphatic carbocycles. The van der Waals surface area contributed by atoms with Crippen molar-refractivity contribution in [3.63, 3.8) is 0 Å². The second-order valence-electron chi connectivity index (χ2n) is 5.30. The molecular formula is C18H21NO3. The van der Waals surface area contributed by atoms with Crippen molar-refractivity contribution in [3.05, 3.63) is 65.7 Å². The van der Waals surface area contributed by atoms with Crippen molar-refractivity contribution in [2.45, 2.75) is 13.5 Å². The van der Waals surface area contributed by atoms with Crippen molar-refractivity contribution in [2.24, 2.45) is 5.92 Å². The first-order valence-corrected chi connectivity index (χ1v) is 7.35. The lowest BCUT2D eigenvalue weighted by Gasteiger charge is -2.10. The summed E-state index contributed by atoms with van der Waals surface area (Å²) >= 11 is 0. The smallest absolute Gasteiger partial charge is 0.251 e. The Morgan fingerprint density at radius 3 is 2.45 bits per heavy atom. The Bertz CT molecular complexity index is 581. The minimum atomic E-state index is -0.129. The molecule has 1 amide bonds. The number of carbonyl (C=O) groups is 1. The van der Waals surface area contributed by atoms with E-state index in [0.29, 0.717) is 18.7 Å². The number of benzene rings is 2. The Balaban J connectivity index is 1.86. The lowest BCUT2D eigenvalue weighted by Crippen LogP contribution is -2.29. The summed E-state index contributed by atoms with van der Waals surface area (Å²) in [5.41, 5.74) is 1.61. The molecule has 0 aromatic heterocycles. The van der Waals surface area contributed by atoms with Crippen LogP contribution in [-0.4, -0.2) is 24.2 Å². The summed E-state index contributed by atoms with van der Waals surface area (Å²) in [7, 11) is 0. The van der Waals surface area contributed by atoms with Crippen molar-refractivity contribution in [3.8, 4) is 5.75 Å². The number of amides is 1. The third-order valence-corrected chi connectivity index (χ3v) is 3.29. The topological polar surface area (TPSA) is 58.6 Å². The van der Waals surface area contributed by atoms with E-state index in [0.717, 1.165) is 11.3 Å². The quantitative estimate of drug-likeness (QED) is 0.826. The first-order valence-electron chi connectivity index (χ1n) is 7.35. The molecule has 0 radical (unpaired) electrons. The zero-order valence-electron chi connectivity index (χ0n) is 12.7. The van der Waals surface area contributed by atoms with E-state index in [4.69, 9.17) is 9.84 Å². The lowest BCUT2D eigenvalue weighted by molar-refractivity contribution is 0.0942. The van der Waals surface area contributed by atoms with Gasteiger partial charge in [0.1, 0.15) is 12.4 Å². The van der Waals surface area contributed by atoms with Gasteiger partial charge in [0.2, 0.25) is 0 Å². The first kappa shape index (κ1) is 16.0. The first-order chi connectivity index (χ1) is 10.7. The molecule has 0 aliphatic heterocycles. The van der Waals surface area contributed by atoms with Crippen LogP contribution in [0.5, 0.6) is 5.75 Å². The van der Waals surface area contributed by atoms with Crippen LogP contribution in [0.25, 0.3) is 0 Å². The molecule has 0 heterocycles. The van der Waals surface area contributed by atoms with Crippen LogP contribution < -0.4 is 10.1 Å². The Hall–Kier alpha value is -2.33. The van der Waals surface area contributed by atoms with Crippen LogP contribution in [0.1, 0.15) is 22.8 Å². The van der Waals surface area contributed by atoms with Crippen LogP contribution >= 0.6 is 0 Å². The van der Waals surface area contributed by atoms with Gasteiger partial charge in [0.25, 0.3) is 5.91 Å². The molecule has 0 bridgehead atoms. The molecule has 4 nitrogen and oxygen atoms in total. The number of rotatable bonds is 7. The van der Waals surface area contributed by atoms with Crippen molar-refractivity contribution < 1.29 is 14.6 Å². The van der Waals surface area contributed by atoms with Gasteiger partial charge in [0.15, 0.2) is 0 Å². The second kappa shape index (κ2) is 8.20. The van der Waals surface area contributed by atoms with E-state index in [1.807, 2.05) is 49.4 Å². The number of aliphatic hydroxyl groups is 1. The van der Waals surface area contributed by atoms with Gasteiger partial charge in [0.05, 0.1) is 0 Å². The summed E-state index contributed by atoms with van der Waals surface area (Å²) in [4.78, 5) is 11.9. The summed E-state index contributed by atoms with van der Waals surface area (Å²) in [6.07, 6.45) is 0. The minimum absolute atomic E-state index is 0.0579. The van der Waals surface area contributed by atoms with E-state index in [1.54, 1.807) is 12.1 Å². The molecule has 2 rings (SSSR count). The second-order valence-corrected chi connectivity index (χ2v) is 5.30. The Morgan fingerprint density at radius 1 is 1.14 bits per heavy atom. The van der Waals surface area contributed by atoms with Gasteiger partial charge < -0.3 is 15.2 Å². The molecule has 116 valence electrons. The number of ether oxygens (including phenoxy) is 1. The lowest BCUT2D eigenvalue weighted by atomic mass is 10.1. The zero-order valence-corrected chi connectivity index (χ0v) is 12.7. The summed E-state index contributed by atoms with van der Waals surface area (Å²) in [5.74, 6) is 0.751. The molecule has 22 heavy (non-hydrogen) atoms. The fraction of sp³-hybridized carbons (Fsp3) is 0.278. The SMILES string of the molecule is CC(CO)CNC(=O)c1ccc(COc2ccccc2)cc1. The maximum Gasteiger partial charge on any atom is 0.251 e. The molecule has 4 heteroatoms. The largest absolute Gasteiger partial charge is 0.489 e. The van der Waals surface area contributed by atoms with E-state index in [1.165, 1.54) is 0 Å². The standard InChI is InChI=1S/C18H21NO3/c1-14(12-20)11-19-18(21)16-9-7-15(8-10-16)13-22-17-5-3-2-4-6-17/h2-10,14,20H,11-13H2,1H3,(H,19,21). The van der Waals surface area contributed by atoms with Crippen LogP contribution in [0.3, 0.4) is 0 Å². The summed E-state index contributed by atoms with van der Waals surface area (Å²) in [6.45, 7) is 2.88. The number of hydrogen-bond acceptors (Lipinski definition) is 3. The highest BCUT2D eigenvalue weighted by atomic mass is 16.5. The van der Waals surface area contributed by atoms with Gasteiger partial charge in [-0.15, -0.1) is 0 Å². The molecule has 1 atom stereocenters. The van der Waals surface area contributed by atoms with Gasteiger partial charge >= 0.3 is 0 Å². The molecule has 2 aromatic carbocycles. The van der Waals surface area contributed by atoms with Crippen LogP contribution in [0.4, 0.5) is 0 Å². The van der Waals surface area contributed by atoms with Gasteiger partial charge in [-0.05, 0) is 35.7 Å². The zero-order chi connectivity index (χ0) is 15.8. The van der Waals surface area contributed by atoms with Crippen molar-refractivity contribution in [1.29, 1.82) is 0 Å². The number of para-hydroxylation sites is 1. The van der Waals surface area contributed by atoms with E-state index in [-0.39, 0.29) is 18.4 Å². The van der Waals surface area contributed by atoms with Crippen LogP contribution in [0, 0.1) is 5.92 Å². The minimum Gasteiger partial charge on any atom is -0.489 e. The fourth-order valence-corrected chi connectivity index (χ4v) is 1.87.